The molecular formula is C28H20N2S4. The lowest BCUT2D eigenvalue weighted by molar-refractivity contribution is 1.12. The van der Waals surface area contributed by atoms with Gasteiger partial charge in [0.1, 0.15) is 0 Å². The minimum absolute atomic E-state index is 0.843. The molecule has 0 aliphatic rings. The van der Waals surface area contributed by atoms with Crippen LogP contribution in [0.2, 0.25) is 0 Å². The van der Waals surface area contributed by atoms with Crippen molar-refractivity contribution in [3.63, 3.8) is 0 Å². The molecule has 5 aromatic rings. The summed E-state index contributed by atoms with van der Waals surface area (Å²) in [6.07, 6.45) is 16.6. The molecule has 0 unspecified atom stereocenters. The molecule has 34 heavy (non-hydrogen) atoms. The van der Waals surface area contributed by atoms with Gasteiger partial charge in [0.05, 0.1) is 22.8 Å². The maximum Gasteiger partial charge on any atom is 0.0894 e. The van der Waals surface area contributed by atoms with Gasteiger partial charge in [0.25, 0.3) is 0 Å². The molecule has 0 spiro atoms. The monoisotopic (exact) mass is 512 g/mol. The maximum absolute atomic E-state index is 5.04. The molecule has 5 heterocycles. The van der Waals surface area contributed by atoms with Gasteiger partial charge in [-0.1, -0.05) is 24.3 Å². The van der Waals surface area contributed by atoms with Crippen LogP contribution in [-0.4, -0.2) is 9.97 Å². The van der Waals surface area contributed by atoms with Gasteiger partial charge in [-0.05, 0) is 114 Å². The molecule has 0 radical (unpaired) electrons. The molecule has 0 saturated carbocycles. The van der Waals surface area contributed by atoms with E-state index in [0.717, 1.165) is 45.0 Å². The minimum Gasteiger partial charge on any atom is -0.245 e. The molecule has 6 heteroatoms. The summed E-state index contributed by atoms with van der Waals surface area (Å²) in [5.74, 6) is 0. The molecule has 0 aromatic carbocycles. The first-order valence-electron chi connectivity index (χ1n) is 10.6. The maximum atomic E-state index is 5.04. The smallest absolute Gasteiger partial charge is 0.0894 e. The molecule has 2 nitrogen and oxygen atoms in total. The van der Waals surface area contributed by atoms with E-state index in [1.807, 2.05) is 0 Å². The van der Waals surface area contributed by atoms with Crippen molar-refractivity contribution in [2.24, 2.45) is 0 Å². The first kappa shape index (κ1) is 22.6. The Morgan fingerprint density at radius 3 is 0.853 bits per heavy atom. The van der Waals surface area contributed by atoms with E-state index in [1.54, 1.807) is 45.3 Å². The fourth-order valence-electron chi connectivity index (χ4n) is 3.16. The van der Waals surface area contributed by atoms with Crippen LogP contribution in [0.5, 0.6) is 0 Å². The molecule has 0 saturated heterocycles. The second-order valence-corrected chi connectivity index (χ2v) is 10.4. The fourth-order valence-corrected chi connectivity index (χ4v) is 5.67. The average Bonchev–Trinajstić information content (AvgIpc) is 3.68. The van der Waals surface area contributed by atoms with Crippen LogP contribution >= 0.6 is 45.3 Å². The molecule has 0 atom stereocenters. The van der Waals surface area contributed by atoms with Gasteiger partial charge < -0.3 is 0 Å². The van der Waals surface area contributed by atoms with E-state index in [4.69, 9.17) is 9.97 Å². The van der Waals surface area contributed by atoms with E-state index in [2.05, 4.69) is 116 Å². The lowest BCUT2D eigenvalue weighted by Crippen LogP contribution is -1.99. The highest BCUT2D eigenvalue weighted by Gasteiger charge is 2.08. The molecule has 0 bridgehead atoms. The van der Waals surface area contributed by atoms with Crippen molar-refractivity contribution in [3.8, 4) is 0 Å². The Balaban J connectivity index is 1.59. The van der Waals surface area contributed by atoms with Crippen molar-refractivity contribution in [2.75, 3.05) is 0 Å². The van der Waals surface area contributed by atoms with Crippen LogP contribution < -0.4 is 0 Å². The number of rotatable bonds is 8. The van der Waals surface area contributed by atoms with Crippen molar-refractivity contribution in [3.05, 3.63) is 112 Å². The lowest BCUT2D eigenvalue weighted by Gasteiger charge is -2.07. The van der Waals surface area contributed by atoms with Crippen LogP contribution in [0.15, 0.2) is 67.3 Å². The van der Waals surface area contributed by atoms with Crippen molar-refractivity contribution in [1.82, 2.24) is 9.97 Å². The zero-order valence-corrected chi connectivity index (χ0v) is 21.3. The molecule has 0 aliphatic carbocycles. The normalized spacial score (nSPS) is 12.2. The van der Waals surface area contributed by atoms with Crippen LogP contribution in [0, 0.1) is 0 Å². The first-order valence-corrected chi connectivity index (χ1v) is 14.3. The fraction of sp³-hybridized carbons (Fsp3) is 0. The van der Waals surface area contributed by atoms with Gasteiger partial charge >= 0.3 is 0 Å². The third-order valence-corrected chi connectivity index (χ3v) is 7.72. The largest absolute Gasteiger partial charge is 0.245 e. The Bertz CT molecular complexity index is 1200. The van der Waals surface area contributed by atoms with E-state index in [-0.39, 0.29) is 0 Å². The Morgan fingerprint density at radius 1 is 0.382 bits per heavy atom. The van der Waals surface area contributed by atoms with E-state index in [9.17, 15) is 0 Å². The molecule has 166 valence electrons. The Morgan fingerprint density at radius 2 is 0.647 bits per heavy atom. The lowest BCUT2D eigenvalue weighted by atomic mass is 10.1. The summed E-state index contributed by atoms with van der Waals surface area (Å²) >= 11 is 6.75. The van der Waals surface area contributed by atoms with Crippen LogP contribution in [0.3, 0.4) is 0 Å². The molecule has 5 rings (SSSR count). The summed E-state index contributed by atoms with van der Waals surface area (Å²) in [5.41, 5.74) is 8.02. The van der Waals surface area contributed by atoms with E-state index >= 15 is 0 Å². The number of thiophene rings is 4. The zero-order valence-electron chi connectivity index (χ0n) is 18.1. The highest BCUT2D eigenvalue weighted by molar-refractivity contribution is 7.08. The van der Waals surface area contributed by atoms with Crippen molar-refractivity contribution in [2.45, 2.75) is 0 Å². The summed E-state index contributed by atoms with van der Waals surface area (Å²) in [4.78, 5) is 10.1. The summed E-state index contributed by atoms with van der Waals surface area (Å²) in [6.45, 7) is 0. The van der Waals surface area contributed by atoms with Crippen LogP contribution in [0.1, 0.15) is 45.0 Å². The van der Waals surface area contributed by atoms with Gasteiger partial charge in [-0.25, -0.2) is 9.97 Å². The predicted octanol–water partition coefficient (Wildman–Crippen LogP) is 9.40. The van der Waals surface area contributed by atoms with Crippen molar-refractivity contribution < 1.29 is 0 Å². The zero-order chi connectivity index (χ0) is 23.0. The van der Waals surface area contributed by atoms with Gasteiger partial charge in [0, 0.05) is 0 Å². The molecule has 0 fully saturated rings. The SMILES string of the molecule is C(=Cc1nc(C=Cc2ccsc2)c(C=Cc2ccsc2)nc1C=Cc1ccsc1)c1ccsc1. The van der Waals surface area contributed by atoms with Gasteiger partial charge in [0.15, 0.2) is 0 Å². The highest BCUT2D eigenvalue weighted by Crippen LogP contribution is 2.21. The Hall–Kier alpha value is -3.16. The summed E-state index contributed by atoms with van der Waals surface area (Å²) in [6, 6.07) is 8.41. The van der Waals surface area contributed by atoms with Gasteiger partial charge in [-0.3, -0.25) is 0 Å². The van der Waals surface area contributed by atoms with Crippen molar-refractivity contribution in [1.29, 1.82) is 0 Å². The quantitative estimate of drug-likeness (QED) is 0.207. The van der Waals surface area contributed by atoms with Gasteiger partial charge in [0.2, 0.25) is 0 Å². The highest BCUT2D eigenvalue weighted by atomic mass is 32.1. The van der Waals surface area contributed by atoms with Crippen LogP contribution in [-0.2, 0) is 0 Å². The van der Waals surface area contributed by atoms with Gasteiger partial charge in [-0.15, -0.1) is 0 Å². The molecule has 0 aliphatic heterocycles. The minimum atomic E-state index is 0.843. The van der Waals surface area contributed by atoms with Crippen molar-refractivity contribution >= 4 is 94.0 Å². The van der Waals surface area contributed by atoms with E-state index in [1.165, 1.54) is 0 Å². The third-order valence-electron chi connectivity index (χ3n) is 4.91. The number of aromatic nitrogens is 2. The topological polar surface area (TPSA) is 25.8 Å². The molecule has 0 N–H and O–H groups in total. The van der Waals surface area contributed by atoms with E-state index in [0.29, 0.717) is 0 Å². The molecule has 0 amide bonds. The average molecular weight is 513 g/mol. The van der Waals surface area contributed by atoms with Gasteiger partial charge in [-0.2, -0.15) is 45.3 Å². The van der Waals surface area contributed by atoms with Crippen LogP contribution in [0.25, 0.3) is 48.6 Å². The summed E-state index contributed by atoms with van der Waals surface area (Å²) < 4.78 is 0. The Kier molecular flexibility index (Phi) is 7.53. The molecular weight excluding hydrogens is 493 g/mol. The number of hydrogen-bond donors (Lipinski definition) is 0. The number of hydrogen-bond acceptors (Lipinski definition) is 6. The Labute approximate surface area is 215 Å². The predicted molar refractivity (Wildman–Crippen MR) is 155 cm³/mol. The second kappa shape index (κ2) is 11.3. The van der Waals surface area contributed by atoms with Crippen LogP contribution in [0.4, 0.5) is 0 Å². The standard InChI is InChI=1S/C28H20N2S4/c1(21-9-13-31-17-21)5-25-26(6-2-22-10-14-32-18-22)30-28(8-4-24-12-16-34-20-24)27(29-25)7-3-23-11-15-33-19-23/h1-20H. The molecule has 5 aromatic heterocycles. The van der Waals surface area contributed by atoms with E-state index < -0.39 is 0 Å². The first-order chi connectivity index (χ1) is 16.8. The summed E-state index contributed by atoms with van der Waals surface area (Å²) in [7, 11) is 0. The third kappa shape index (κ3) is 6.04. The number of nitrogens with zero attached hydrogens (tertiary/aromatic N) is 2. The summed E-state index contributed by atoms with van der Waals surface area (Å²) in [5, 5.41) is 16.8. The second-order valence-electron chi connectivity index (χ2n) is 7.32.